The molecule has 1 heterocycles. The Labute approximate surface area is 125 Å². The molecule has 1 aromatic carbocycles. The standard InChI is InChI=1S/C15H11FN4O2/c16-13-4-3-12(6-11(13)7-17)20-14(21)9-19-15(22)10-2-1-5-18-8-10/h1-6,8H,9H2,(H,19,22)(H,20,21). The van der Waals surface area contributed by atoms with Crippen molar-refractivity contribution in [3.05, 3.63) is 59.7 Å². The van der Waals surface area contributed by atoms with Crippen molar-refractivity contribution in [2.45, 2.75) is 0 Å². The summed E-state index contributed by atoms with van der Waals surface area (Å²) in [7, 11) is 0. The topological polar surface area (TPSA) is 94.9 Å². The van der Waals surface area contributed by atoms with Crippen molar-refractivity contribution in [2.75, 3.05) is 11.9 Å². The number of nitrogens with zero attached hydrogens (tertiary/aromatic N) is 2. The van der Waals surface area contributed by atoms with E-state index in [4.69, 9.17) is 5.26 Å². The van der Waals surface area contributed by atoms with Crippen LogP contribution in [0.5, 0.6) is 0 Å². The van der Waals surface area contributed by atoms with Gasteiger partial charge in [-0.2, -0.15) is 5.26 Å². The number of carbonyl (C=O) groups is 2. The van der Waals surface area contributed by atoms with E-state index in [-0.39, 0.29) is 17.8 Å². The first-order valence-corrected chi connectivity index (χ1v) is 6.28. The highest BCUT2D eigenvalue weighted by atomic mass is 19.1. The normalized spacial score (nSPS) is 9.64. The van der Waals surface area contributed by atoms with Gasteiger partial charge in [-0.1, -0.05) is 0 Å². The zero-order valence-electron chi connectivity index (χ0n) is 11.3. The molecule has 0 aliphatic heterocycles. The number of hydrogen-bond donors (Lipinski definition) is 2. The van der Waals surface area contributed by atoms with Crippen molar-refractivity contribution in [1.82, 2.24) is 10.3 Å². The monoisotopic (exact) mass is 298 g/mol. The van der Waals surface area contributed by atoms with Gasteiger partial charge in [-0.3, -0.25) is 14.6 Å². The number of amides is 2. The van der Waals surface area contributed by atoms with Crippen molar-refractivity contribution in [2.24, 2.45) is 0 Å². The molecule has 0 unspecified atom stereocenters. The van der Waals surface area contributed by atoms with Gasteiger partial charge in [0.05, 0.1) is 17.7 Å². The molecule has 2 N–H and O–H groups in total. The van der Waals surface area contributed by atoms with Gasteiger partial charge >= 0.3 is 0 Å². The van der Waals surface area contributed by atoms with E-state index in [1.165, 1.54) is 24.5 Å². The summed E-state index contributed by atoms with van der Waals surface area (Å²) in [4.78, 5) is 27.2. The maximum Gasteiger partial charge on any atom is 0.253 e. The van der Waals surface area contributed by atoms with E-state index < -0.39 is 17.6 Å². The predicted molar refractivity (Wildman–Crippen MR) is 76.3 cm³/mol. The van der Waals surface area contributed by atoms with E-state index in [1.54, 1.807) is 18.2 Å². The predicted octanol–water partition coefficient (Wildman–Crippen LogP) is 1.46. The molecule has 2 amide bonds. The van der Waals surface area contributed by atoms with Gasteiger partial charge < -0.3 is 10.6 Å². The minimum atomic E-state index is -0.662. The first-order valence-electron chi connectivity index (χ1n) is 6.28. The quantitative estimate of drug-likeness (QED) is 0.893. The molecule has 7 heteroatoms. The maximum absolute atomic E-state index is 13.2. The van der Waals surface area contributed by atoms with Crippen LogP contribution in [0.4, 0.5) is 10.1 Å². The number of anilines is 1. The lowest BCUT2D eigenvalue weighted by Gasteiger charge is -2.07. The smallest absolute Gasteiger partial charge is 0.253 e. The fraction of sp³-hybridized carbons (Fsp3) is 0.0667. The van der Waals surface area contributed by atoms with E-state index in [0.29, 0.717) is 5.56 Å². The van der Waals surface area contributed by atoms with Gasteiger partial charge in [0.25, 0.3) is 5.91 Å². The van der Waals surface area contributed by atoms with E-state index >= 15 is 0 Å². The summed E-state index contributed by atoms with van der Waals surface area (Å²) < 4.78 is 13.2. The van der Waals surface area contributed by atoms with Crippen LogP contribution >= 0.6 is 0 Å². The number of carbonyl (C=O) groups excluding carboxylic acids is 2. The lowest BCUT2D eigenvalue weighted by atomic mass is 10.2. The number of aromatic nitrogens is 1. The molecule has 0 radical (unpaired) electrons. The lowest BCUT2D eigenvalue weighted by molar-refractivity contribution is -0.115. The third-order valence-corrected chi connectivity index (χ3v) is 2.70. The molecule has 0 saturated heterocycles. The third kappa shape index (κ3) is 3.86. The second-order valence-electron chi connectivity index (χ2n) is 4.28. The molecule has 0 bridgehead atoms. The molecule has 1 aromatic heterocycles. The molecule has 0 saturated carbocycles. The molecule has 0 fully saturated rings. The zero-order valence-corrected chi connectivity index (χ0v) is 11.3. The Morgan fingerprint density at radius 3 is 2.82 bits per heavy atom. The maximum atomic E-state index is 13.2. The summed E-state index contributed by atoms with van der Waals surface area (Å²) in [6.07, 6.45) is 2.91. The fourth-order valence-corrected chi connectivity index (χ4v) is 1.65. The van der Waals surface area contributed by atoms with Gasteiger partial charge in [-0.05, 0) is 30.3 Å². The summed E-state index contributed by atoms with van der Waals surface area (Å²) in [5.41, 5.74) is 0.444. The molecule has 0 atom stereocenters. The number of hydrogen-bond acceptors (Lipinski definition) is 4. The van der Waals surface area contributed by atoms with Crippen LogP contribution in [-0.4, -0.2) is 23.3 Å². The molecule has 22 heavy (non-hydrogen) atoms. The second kappa shape index (κ2) is 6.95. The van der Waals surface area contributed by atoms with Crippen LogP contribution < -0.4 is 10.6 Å². The molecule has 6 nitrogen and oxygen atoms in total. The molecular weight excluding hydrogens is 287 g/mol. The number of halogens is 1. The number of nitriles is 1. The Hall–Kier alpha value is -3.27. The number of nitrogens with one attached hydrogen (secondary N) is 2. The third-order valence-electron chi connectivity index (χ3n) is 2.70. The number of pyridine rings is 1. The van der Waals surface area contributed by atoms with Crippen LogP contribution in [-0.2, 0) is 4.79 Å². The van der Waals surface area contributed by atoms with Gasteiger partial charge in [0.2, 0.25) is 5.91 Å². The Bertz CT molecular complexity index is 741. The molecule has 2 aromatic rings. The summed E-state index contributed by atoms with van der Waals surface area (Å²) in [5, 5.41) is 13.6. The molecule has 2 rings (SSSR count). The summed E-state index contributed by atoms with van der Waals surface area (Å²) in [5.74, 6) is -1.59. The van der Waals surface area contributed by atoms with Crippen LogP contribution in [0.25, 0.3) is 0 Å². The Balaban J connectivity index is 1.91. The average molecular weight is 298 g/mol. The van der Waals surface area contributed by atoms with E-state index in [2.05, 4.69) is 15.6 Å². The number of benzene rings is 1. The van der Waals surface area contributed by atoms with Crippen molar-refractivity contribution >= 4 is 17.5 Å². The van der Waals surface area contributed by atoms with Crippen molar-refractivity contribution < 1.29 is 14.0 Å². The Morgan fingerprint density at radius 2 is 2.14 bits per heavy atom. The van der Waals surface area contributed by atoms with E-state index in [9.17, 15) is 14.0 Å². The highest BCUT2D eigenvalue weighted by Crippen LogP contribution is 2.13. The molecule has 0 aliphatic rings. The molecule has 0 aliphatic carbocycles. The summed E-state index contributed by atoms with van der Waals surface area (Å²) in [6, 6.07) is 8.49. The zero-order chi connectivity index (χ0) is 15.9. The SMILES string of the molecule is N#Cc1cc(NC(=O)CNC(=O)c2cccnc2)ccc1F. The fourth-order valence-electron chi connectivity index (χ4n) is 1.65. The van der Waals surface area contributed by atoms with Crippen LogP contribution in [0.2, 0.25) is 0 Å². The highest BCUT2D eigenvalue weighted by molar-refractivity contribution is 5.99. The van der Waals surface area contributed by atoms with Crippen molar-refractivity contribution in [3.63, 3.8) is 0 Å². The van der Waals surface area contributed by atoms with Crippen LogP contribution in [0.3, 0.4) is 0 Å². The van der Waals surface area contributed by atoms with E-state index in [1.807, 2.05) is 0 Å². The van der Waals surface area contributed by atoms with E-state index in [0.717, 1.165) is 6.07 Å². The molecule has 0 spiro atoms. The first-order chi connectivity index (χ1) is 10.6. The van der Waals surface area contributed by atoms with Gasteiger partial charge in [0.15, 0.2) is 0 Å². The largest absolute Gasteiger partial charge is 0.343 e. The second-order valence-corrected chi connectivity index (χ2v) is 4.28. The van der Waals surface area contributed by atoms with Crippen molar-refractivity contribution in [3.8, 4) is 6.07 Å². The van der Waals surface area contributed by atoms with Gasteiger partial charge in [-0.25, -0.2) is 4.39 Å². The van der Waals surface area contributed by atoms with Crippen LogP contribution in [0.1, 0.15) is 15.9 Å². The Morgan fingerprint density at radius 1 is 1.32 bits per heavy atom. The minimum Gasteiger partial charge on any atom is -0.343 e. The van der Waals surface area contributed by atoms with Gasteiger partial charge in [0.1, 0.15) is 11.9 Å². The van der Waals surface area contributed by atoms with Crippen molar-refractivity contribution in [1.29, 1.82) is 5.26 Å². The lowest BCUT2D eigenvalue weighted by Crippen LogP contribution is -2.32. The average Bonchev–Trinajstić information content (AvgIpc) is 2.55. The van der Waals surface area contributed by atoms with Crippen LogP contribution in [0, 0.1) is 17.1 Å². The molecular formula is C15H11FN4O2. The van der Waals surface area contributed by atoms with Gasteiger partial charge in [-0.15, -0.1) is 0 Å². The molecule has 110 valence electrons. The van der Waals surface area contributed by atoms with Gasteiger partial charge in [0, 0.05) is 18.1 Å². The Kier molecular flexibility index (Phi) is 4.78. The summed E-state index contributed by atoms with van der Waals surface area (Å²) in [6.45, 7) is -0.257. The van der Waals surface area contributed by atoms with Crippen LogP contribution in [0.15, 0.2) is 42.7 Å². The highest BCUT2D eigenvalue weighted by Gasteiger charge is 2.09. The first kappa shape index (κ1) is 15.1. The number of rotatable bonds is 4. The summed E-state index contributed by atoms with van der Waals surface area (Å²) >= 11 is 0. The minimum absolute atomic E-state index is 0.169.